The first-order valence-corrected chi connectivity index (χ1v) is 8.70. The van der Waals surface area contributed by atoms with Crippen LogP contribution < -0.4 is 5.32 Å². The van der Waals surface area contributed by atoms with E-state index in [1.165, 1.54) is 0 Å². The predicted molar refractivity (Wildman–Crippen MR) is 72.0 cm³/mol. The van der Waals surface area contributed by atoms with Gasteiger partial charge in [0.2, 0.25) is 15.9 Å². The number of rotatable bonds is 3. The topological polar surface area (TPSA) is 66.5 Å². The lowest BCUT2D eigenvalue weighted by Gasteiger charge is -2.30. The van der Waals surface area contributed by atoms with Crippen LogP contribution in [0.5, 0.6) is 0 Å². The predicted octanol–water partition coefficient (Wildman–Crippen LogP) is 0.717. The number of hydrogen-bond donors (Lipinski definition) is 1. The molecule has 2 aliphatic carbocycles. The molecule has 5 nitrogen and oxygen atoms in total. The van der Waals surface area contributed by atoms with Gasteiger partial charge in [-0.3, -0.25) is 4.79 Å². The number of sulfonamides is 1. The molecule has 1 N–H and O–H groups in total. The molecule has 1 spiro atoms. The molecule has 0 aromatic rings. The fourth-order valence-corrected chi connectivity index (χ4v) is 5.80. The maximum absolute atomic E-state index is 12.3. The minimum absolute atomic E-state index is 0.00287. The van der Waals surface area contributed by atoms with E-state index in [1.807, 2.05) is 0 Å². The first kappa shape index (κ1) is 13.4. The van der Waals surface area contributed by atoms with Crippen LogP contribution in [0.1, 0.15) is 38.5 Å². The highest BCUT2D eigenvalue weighted by Crippen LogP contribution is 2.51. The van der Waals surface area contributed by atoms with Crippen LogP contribution in [-0.4, -0.2) is 44.0 Å². The molecule has 1 amide bonds. The third kappa shape index (κ3) is 2.09. The van der Waals surface area contributed by atoms with Crippen LogP contribution in [0, 0.1) is 11.3 Å². The summed E-state index contributed by atoms with van der Waals surface area (Å²) in [5.74, 6) is 0.0834. The zero-order chi connectivity index (χ0) is 13.7. The van der Waals surface area contributed by atoms with Crippen LogP contribution in [0.3, 0.4) is 0 Å². The van der Waals surface area contributed by atoms with E-state index in [-0.39, 0.29) is 22.5 Å². The quantitative estimate of drug-likeness (QED) is 0.831. The fraction of sp³-hybridized carbons (Fsp3) is 0.923. The van der Waals surface area contributed by atoms with Gasteiger partial charge >= 0.3 is 0 Å². The Morgan fingerprint density at radius 2 is 2.00 bits per heavy atom. The van der Waals surface area contributed by atoms with Gasteiger partial charge in [-0.15, -0.1) is 0 Å². The van der Waals surface area contributed by atoms with Crippen molar-refractivity contribution in [1.29, 1.82) is 0 Å². The summed E-state index contributed by atoms with van der Waals surface area (Å²) in [5, 5.41) is 2.60. The molecule has 0 radical (unpaired) electrons. The van der Waals surface area contributed by atoms with E-state index >= 15 is 0 Å². The molecule has 6 heteroatoms. The van der Waals surface area contributed by atoms with E-state index in [2.05, 4.69) is 5.32 Å². The van der Waals surface area contributed by atoms with Crippen LogP contribution in [0.15, 0.2) is 0 Å². The highest BCUT2D eigenvalue weighted by molar-refractivity contribution is 7.90. The van der Waals surface area contributed by atoms with Gasteiger partial charge in [0.15, 0.2) is 0 Å². The minimum Gasteiger partial charge on any atom is -0.359 e. The molecule has 1 heterocycles. The molecule has 2 unspecified atom stereocenters. The van der Waals surface area contributed by atoms with Crippen LogP contribution in [-0.2, 0) is 14.8 Å². The van der Waals surface area contributed by atoms with Crippen LogP contribution in [0.25, 0.3) is 0 Å². The Hall–Kier alpha value is -0.620. The second kappa shape index (κ2) is 4.45. The first-order valence-electron chi connectivity index (χ1n) is 7.20. The largest absolute Gasteiger partial charge is 0.359 e. The van der Waals surface area contributed by atoms with Gasteiger partial charge in [0.25, 0.3) is 0 Å². The third-order valence-corrected chi connectivity index (χ3v) is 7.47. The maximum atomic E-state index is 12.3. The molecule has 0 aromatic carbocycles. The molecule has 1 aliphatic heterocycles. The lowest BCUT2D eigenvalue weighted by atomic mass is 9.76. The van der Waals surface area contributed by atoms with Crippen molar-refractivity contribution in [3.05, 3.63) is 0 Å². The van der Waals surface area contributed by atoms with E-state index in [1.54, 1.807) is 11.4 Å². The Balaban J connectivity index is 1.78. The highest BCUT2D eigenvalue weighted by atomic mass is 32.2. The smallest absolute Gasteiger partial charge is 0.223 e. The molecule has 1 saturated heterocycles. The normalized spacial score (nSPS) is 35.9. The number of nitrogens with one attached hydrogen (secondary N) is 1. The summed E-state index contributed by atoms with van der Waals surface area (Å²) in [6.07, 6.45) is 5.39. The van der Waals surface area contributed by atoms with Crippen molar-refractivity contribution in [2.75, 3.05) is 20.1 Å². The molecular formula is C13H22N2O3S. The molecule has 108 valence electrons. The van der Waals surface area contributed by atoms with Crippen molar-refractivity contribution in [1.82, 2.24) is 9.62 Å². The Morgan fingerprint density at radius 3 is 2.63 bits per heavy atom. The summed E-state index contributed by atoms with van der Waals surface area (Å²) in [6.45, 7) is 1.16. The summed E-state index contributed by atoms with van der Waals surface area (Å²) in [4.78, 5) is 12.0. The van der Waals surface area contributed by atoms with Crippen molar-refractivity contribution < 1.29 is 13.2 Å². The third-order valence-electron chi connectivity index (χ3n) is 5.13. The van der Waals surface area contributed by atoms with Gasteiger partial charge in [-0.1, -0.05) is 6.42 Å². The van der Waals surface area contributed by atoms with E-state index in [0.29, 0.717) is 13.1 Å². The summed E-state index contributed by atoms with van der Waals surface area (Å²) in [7, 11) is -1.41. The molecule has 19 heavy (non-hydrogen) atoms. The number of hydrogen-bond acceptors (Lipinski definition) is 3. The monoisotopic (exact) mass is 286 g/mol. The maximum Gasteiger partial charge on any atom is 0.223 e. The van der Waals surface area contributed by atoms with Gasteiger partial charge in [-0.05, 0) is 37.5 Å². The molecule has 2 saturated carbocycles. The molecule has 2 atom stereocenters. The van der Waals surface area contributed by atoms with Gasteiger partial charge in [0, 0.05) is 26.1 Å². The van der Waals surface area contributed by atoms with Crippen molar-refractivity contribution in [2.24, 2.45) is 11.3 Å². The number of nitrogens with zero attached hydrogens (tertiary/aromatic N) is 1. The van der Waals surface area contributed by atoms with E-state index < -0.39 is 10.0 Å². The zero-order valence-electron chi connectivity index (χ0n) is 11.4. The standard InChI is InChI=1S/C13H22N2O3S/c1-14-12(16)11-3-2-6-13(11)7-8-15(9-13)19(17,18)10-4-5-10/h10-11H,2-9H2,1H3,(H,14,16). The average Bonchev–Trinajstić information content (AvgIpc) is 3.06. The SMILES string of the molecule is CNC(=O)C1CCCC12CCN(S(=O)(=O)C1CC1)C2. The van der Waals surface area contributed by atoms with Crippen molar-refractivity contribution >= 4 is 15.9 Å². The van der Waals surface area contributed by atoms with Gasteiger partial charge in [-0.2, -0.15) is 0 Å². The van der Waals surface area contributed by atoms with E-state index in [9.17, 15) is 13.2 Å². The lowest BCUT2D eigenvalue weighted by molar-refractivity contribution is -0.127. The van der Waals surface area contributed by atoms with Crippen LogP contribution in [0.4, 0.5) is 0 Å². The molecule has 3 rings (SSSR count). The summed E-state index contributed by atoms with van der Waals surface area (Å²) in [5.41, 5.74) is -0.0952. The van der Waals surface area contributed by atoms with Crippen molar-refractivity contribution in [3.63, 3.8) is 0 Å². The van der Waals surface area contributed by atoms with E-state index in [4.69, 9.17) is 0 Å². The second-order valence-corrected chi connectivity index (χ2v) is 8.46. The Morgan fingerprint density at radius 1 is 1.26 bits per heavy atom. The van der Waals surface area contributed by atoms with Gasteiger partial charge in [-0.25, -0.2) is 12.7 Å². The second-order valence-electron chi connectivity index (χ2n) is 6.25. The Labute approximate surface area is 114 Å². The first-order chi connectivity index (χ1) is 8.99. The Kier molecular flexibility index (Phi) is 3.13. The van der Waals surface area contributed by atoms with Gasteiger partial charge < -0.3 is 5.32 Å². The minimum atomic E-state index is -3.08. The number of carbonyl (C=O) groups excluding carboxylic acids is 1. The molecule has 0 aromatic heterocycles. The fourth-order valence-electron chi connectivity index (χ4n) is 3.86. The van der Waals surface area contributed by atoms with Crippen LogP contribution in [0.2, 0.25) is 0 Å². The summed E-state index contributed by atoms with van der Waals surface area (Å²) < 4.78 is 26.3. The average molecular weight is 286 g/mol. The molecule has 0 bridgehead atoms. The molecule has 3 aliphatic rings. The summed E-state index contributed by atoms with van der Waals surface area (Å²) >= 11 is 0. The summed E-state index contributed by atoms with van der Waals surface area (Å²) in [6, 6.07) is 0. The van der Waals surface area contributed by atoms with Crippen molar-refractivity contribution in [2.45, 2.75) is 43.8 Å². The molecular weight excluding hydrogens is 264 g/mol. The zero-order valence-corrected chi connectivity index (χ0v) is 12.2. The van der Waals surface area contributed by atoms with E-state index in [0.717, 1.165) is 38.5 Å². The molecule has 3 fully saturated rings. The van der Waals surface area contributed by atoms with Crippen molar-refractivity contribution in [3.8, 4) is 0 Å². The Bertz CT molecular complexity index is 486. The lowest BCUT2D eigenvalue weighted by Crippen LogP contribution is -2.40. The van der Waals surface area contributed by atoms with Gasteiger partial charge in [0.1, 0.15) is 0 Å². The number of carbonyl (C=O) groups is 1. The highest BCUT2D eigenvalue weighted by Gasteiger charge is 2.54. The number of amides is 1. The van der Waals surface area contributed by atoms with Gasteiger partial charge in [0.05, 0.1) is 5.25 Å². The van der Waals surface area contributed by atoms with Crippen LogP contribution >= 0.6 is 0 Å².